The highest BCUT2D eigenvalue weighted by molar-refractivity contribution is 5.65. The van der Waals surface area contributed by atoms with Crippen LogP contribution in [0.1, 0.15) is 76.2 Å². The van der Waals surface area contributed by atoms with E-state index >= 15 is 0 Å². The molecule has 0 heterocycles. The molecule has 2 aliphatic rings. The quantitative estimate of drug-likeness (QED) is 0.386. The van der Waals surface area contributed by atoms with Crippen molar-refractivity contribution in [1.29, 1.82) is 0 Å². The third-order valence-electron chi connectivity index (χ3n) is 7.62. The summed E-state index contributed by atoms with van der Waals surface area (Å²) in [5, 5.41) is 0. The summed E-state index contributed by atoms with van der Waals surface area (Å²) in [6.07, 6.45) is 6.17. The van der Waals surface area contributed by atoms with Crippen LogP contribution in [0.25, 0.3) is 11.1 Å². The number of ether oxygens (including phenoxy) is 1. The maximum atomic E-state index is 15.0. The molecule has 0 bridgehead atoms. The second-order valence-electron chi connectivity index (χ2n) is 9.78. The molecule has 0 saturated heterocycles. The Bertz CT molecular complexity index is 954. The van der Waals surface area contributed by atoms with Crippen LogP contribution < -0.4 is 4.74 Å². The van der Waals surface area contributed by atoms with E-state index in [0.717, 1.165) is 42.4 Å². The van der Waals surface area contributed by atoms with Crippen molar-refractivity contribution in [3.63, 3.8) is 0 Å². The zero-order chi connectivity index (χ0) is 23.6. The highest BCUT2D eigenvalue weighted by Gasteiger charge is 2.36. The van der Waals surface area contributed by atoms with Crippen molar-refractivity contribution in [3.05, 3.63) is 53.6 Å². The monoisotopic (exact) mass is 466 g/mol. The third-order valence-corrected chi connectivity index (χ3v) is 7.62. The Labute approximate surface area is 192 Å². The molecule has 0 aromatic heterocycles. The Hall–Kier alpha value is -2.11. The molecular formula is C27H31F5O. The summed E-state index contributed by atoms with van der Waals surface area (Å²) in [7, 11) is 0. The van der Waals surface area contributed by atoms with Gasteiger partial charge >= 0.3 is 6.36 Å². The van der Waals surface area contributed by atoms with Gasteiger partial charge in [-0.05, 0) is 85.1 Å². The van der Waals surface area contributed by atoms with E-state index in [4.69, 9.17) is 0 Å². The second-order valence-corrected chi connectivity index (χ2v) is 9.78. The molecule has 0 N–H and O–H groups in total. The first-order chi connectivity index (χ1) is 15.7. The summed E-state index contributed by atoms with van der Waals surface area (Å²) >= 11 is 0. The van der Waals surface area contributed by atoms with Crippen LogP contribution in [-0.4, -0.2) is 6.36 Å². The lowest BCUT2D eigenvalue weighted by Gasteiger charge is -2.42. The predicted octanol–water partition coefficient (Wildman–Crippen LogP) is 9.02. The van der Waals surface area contributed by atoms with Gasteiger partial charge in [-0.1, -0.05) is 50.8 Å². The maximum Gasteiger partial charge on any atom is 0.573 e. The molecule has 1 nitrogen and oxygen atoms in total. The number of hydrogen-bond acceptors (Lipinski definition) is 1. The van der Waals surface area contributed by atoms with Crippen LogP contribution in [-0.2, 0) is 0 Å². The lowest BCUT2D eigenvalue weighted by Crippen LogP contribution is -2.30. The van der Waals surface area contributed by atoms with Gasteiger partial charge in [0.2, 0.25) is 0 Å². The van der Waals surface area contributed by atoms with Crippen molar-refractivity contribution in [2.45, 2.75) is 77.0 Å². The van der Waals surface area contributed by atoms with Crippen molar-refractivity contribution in [3.8, 4) is 16.9 Å². The first kappa shape index (κ1) is 24.0. The molecule has 2 saturated carbocycles. The fourth-order valence-corrected chi connectivity index (χ4v) is 5.94. The van der Waals surface area contributed by atoms with Crippen molar-refractivity contribution < 1.29 is 26.7 Å². The van der Waals surface area contributed by atoms with E-state index in [1.165, 1.54) is 57.1 Å². The minimum absolute atomic E-state index is 0.168. The van der Waals surface area contributed by atoms with Crippen molar-refractivity contribution in [1.82, 2.24) is 0 Å². The van der Waals surface area contributed by atoms with E-state index in [-0.39, 0.29) is 11.1 Å². The van der Waals surface area contributed by atoms with Crippen LogP contribution in [0.15, 0.2) is 36.4 Å². The van der Waals surface area contributed by atoms with Gasteiger partial charge in [-0.15, -0.1) is 13.2 Å². The summed E-state index contributed by atoms with van der Waals surface area (Å²) in [5.74, 6) is 0.0995. The summed E-state index contributed by atoms with van der Waals surface area (Å²) in [6, 6.07) is 8.01. The molecule has 4 atom stereocenters. The third kappa shape index (κ3) is 5.88. The molecule has 6 heteroatoms. The molecule has 33 heavy (non-hydrogen) atoms. The second kappa shape index (κ2) is 10.0. The highest BCUT2D eigenvalue weighted by Crippen LogP contribution is 2.48. The molecule has 2 fully saturated rings. The number of fused-ring (bicyclic) bond motifs is 1. The minimum Gasteiger partial charge on any atom is -0.403 e. The van der Waals surface area contributed by atoms with Gasteiger partial charge in [0.15, 0.2) is 11.6 Å². The molecule has 4 unspecified atom stereocenters. The average molecular weight is 467 g/mol. The molecule has 180 valence electrons. The van der Waals surface area contributed by atoms with E-state index in [1.54, 1.807) is 6.07 Å². The number of alkyl halides is 3. The first-order valence-corrected chi connectivity index (χ1v) is 12.1. The van der Waals surface area contributed by atoms with Crippen LogP contribution in [0.5, 0.6) is 5.75 Å². The molecule has 0 spiro atoms. The van der Waals surface area contributed by atoms with E-state index in [0.29, 0.717) is 11.8 Å². The van der Waals surface area contributed by atoms with Crippen molar-refractivity contribution in [2.75, 3.05) is 0 Å². The molecule has 0 radical (unpaired) electrons. The van der Waals surface area contributed by atoms with Crippen molar-refractivity contribution in [2.24, 2.45) is 17.8 Å². The van der Waals surface area contributed by atoms with Gasteiger partial charge in [0.05, 0.1) is 0 Å². The van der Waals surface area contributed by atoms with Crippen LogP contribution in [0.2, 0.25) is 0 Å². The van der Waals surface area contributed by atoms with E-state index in [9.17, 15) is 22.0 Å². The minimum atomic E-state index is -4.98. The van der Waals surface area contributed by atoms with E-state index < -0.39 is 23.7 Å². The zero-order valence-corrected chi connectivity index (χ0v) is 18.9. The smallest absolute Gasteiger partial charge is 0.403 e. The van der Waals surface area contributed by atoms with E-state index in [1.807, 2.05) is 6.07 Å². The van der Waals surface area contributed by atoms with Gasteiger partial charge in [-0.3, -0.25) is 0 Å². The summed E-state index contributed by atoms with van der Waals surface area (Å²) in [4.78, 5) is 0. The summed E-state index contributed by atoms with van der Waals surface area (Å²) in [5.41, 5.74) is 1.31. The van der Waals surface area contributed by atoms with Crippen molar-refractivity contribution >= 4 is 0 Å². The number of rotatable bonds is 6. The number of benzene rings is 2. The van der Waals surface area contributed by atoms with Gasteiger partial charge in [0.25, 0.3) is 0 Å². The number of unbranched alkanes of at least 4 members (excludes halogenated alkanes) is 1. The topological polar surface area (TPSA) is 9.23 Å². The molecule has 4 rings (SSSR count). The van der Waals surface area contributed by atoms with Gasteiger partial charge in [0.1, 0.15) is 5.82 Å². The molecule has 2 aromatic rings. The Kier molecular flexibility index (Phi) is 7.30. The summed E-state index contributed by atoms with van der Waals surface area (Å²) in [6.45, 7) is 2.25. The molecule has 0 aliphatic heterocycles. The average Bonchev–Trinajstić information content (AvgIpc) is 2.77. The Morgan fingerprint density at radius 1 is 0.879 bits per heavy atom. The van der Waals surface area contributed by atoms with Crippen LogP contribution in [0.3, 0.4) is 0 Å². The fraction of sp³-hybridized carbons (Fsp3) is 0.556. The Morgan fingerprint density at radius 3 is 2.33 bits per heavy atom. The maximum absolute atomic E-state index is 15.0. The lowest BCUT2D eigenvalue weighted by atomic mass is 9.63. The van der Waals surface area contributed by atoms with Gasteiger partial charge < -0.3 is 4.74 Å². The van der Waals surface area contributed by atoms with Gasteiger partial charge in [0, 0.05) is 5.56 Å². The Morgan fingerprint density at radius 2 is 1.64 bits per heavy atom. The van der Waals surface area contributed by atoms with Crippen LogP contribution >= 0.6 is 0 Å². The largest absolute Gasteiger partial charge is 0.573 e. The van der Waals surface area contributed by atoms with Crippen LogP contribution in [0.4, 0.5) is 22.0 Å². The standard InChI is InChI=1S/C27H31F5O/c1-2-3-4-17-5-6-19-14-20(8-7-18(19)13-17)21-9-11-23(24(28)15-21)22-10-12-26(25(29)16-22)33-27(30,31)32/h9-12,15-20H,2-8,13-14H2,1H3. The fourth-order valence-electron chi connectivity index (χ4n) is 5.94. The lowest BCUT2D eigenvalue weighted by molar-refractivity contribution is -0.275. The van der Waals surface area contributed by atoms with Gasteiger partial charge in [-0.25, -0.2) is 8.78 Å². The first-order valence-electron chi connectivity index (χ1n) is 12.1. The molecule has 2 aromatic carbocycles. The number of hydrogen-bond donors (Lipinski definition) is 0. The normalized spacial score (nSPS) is 25.5. The highest BCUT2D eigenvalue weighted by atomic mass is 19.4. The number of halogens is 5. The molecule has 2 aliphatic carbocycles. The predicted molar refractivity (Wildman–Crippen MR) is 119 cm³/mol. The molecular weight excluding hydrogens is 435 g/mol. The summed E-state index contributed by atoms with van der Waals surface area (Å²) < 4.78 is 69.8. The zero-order valence-electron chi connectivity index (χ0n) is 18.9. The Balaban J connectivity index is 1.43. The van der Waals surface area contributed by atoms with E-state index in [2.05, 4.69) is 11.7 Å². The SMILES string of the molecule is CCCCC1CCC2CC(c3ccc(-c4ccc(OC(F)(F)F)c(F)c4)c(F)c3)CCC2C1. The van der Waals surface area contributed by atoms with Gasteiger partial charge in [-0.2, -0.15) is 0 Å². The van der Waals surface area contributed by atoms with Crippen LogP contribution in [0, 0.1) is 29.4 Å². The molecule has 0 amide bonds.